The molecule has 17 heavy (non-hydrogen) atoms. The molecule has 0 aliphatic carbocycles. The Morgan fingerprint density at radius 3 is 2.24 bits per heavy atom. The van der Waals surface area contributed by atoms with Crippen molar-refractivity contribution in [3.63, 3.8) is 0 Å². The van der Waals surface area contributed by atoms with Crippen LogP contribution in [0.15, 0.2) is 12.7 Å². The molecule has 0 amide bonds. The van der Waals surface area contributed by atoms with Gasteiger partial charge in [0.25, 0.3) is 0 Å². The molecule has 1 N–H and O–H groups in total. The molecule has 0 aliphatic heterocycles. The highest BCUT2D eigenvalue weighted by molar-refractivity contribution is 7.89. The van der Waals surface area contributed by atoms with Crippen LogP contribution in [0.5, 0.6) is 0 Å². The maximum Gasteiger partial charge on any atom is 0.216 e. The fourth-order valence-corrected chi connectivity index (χ4v) is 3.27. The standard InChI is InChI=1S/C12H26N2O2S/c1-7-9-14(12(4,5)6)17(15,16)10-8-13-11(2)3/h7,11,13H,1,8-10H2,2-6H3. The molecule has 0 spiro atoms. The second kappa shape index (κ2) is 6.52. The fourth-order valence-electron chi connectivity index (χ4n) is 1.51. The molecule has 0 aromatic heterocycles. The predicted octanol–water partition coefficient (Wildman–Crippen LogP) is 1.60. The Labute approximate surface area is 106 Å². The Morgan fingerprint density at radius 1 is 1.35 bits per heavy atom. The Balaban J connectivity index is 4.68. The Morgan fingerprint density at radius 2 is 1.88 bits per heavy atom. The van der Waals surface area contributed by atoms with Gasteiger partial charge >= 0.3 is 0 Å². The molecule has 0 saturated heterocycles. The Hall–Kier alpha value is -0.390. The van der Waals surface area contributed by atoms with E-state index in [1.54, 1.807) is 6.08 Å². The summed E-state index contributed by atoms with van der Waals surface area (Å²) in [6.45, 7) is 14.1. The molecule has 0 aromatic carbocycles. The van der Waals surface area contributed by atoms with Crippen LogP contribution >= 0.6 is 0 Å². The first kappa shape index (κ1) is 16.6. The van der Waals surface area contributed by atoms with E-state index in [9.17, 15) is 8.42 Å². The van der Waals surface area contributed by atoms with E-state index in [0.717, 1.165) is 0 Å². The van der Waals surface area contributed by atoms with E-state index in [-0.39, 0.29) is 5.75 Å². The van der Waals surface area contributed by atoms with E-state index in [2.05, 4.69) is 11.9 Å². The summed E-state index contributed by atoms with van der Waals surface area (Å²) < 4.78 is 25.9. The lowest BCUT2D eigenvalue weighted by Crippen LogP contribution is -2.48. The zero-order valence-corrected chi connectivity index (χ0v) is 12.5. The summed E-state index contributed by atoms with van der Waals surface area (Å²) in [4.78, 5) is 0. The van der Waals surface area contributed by atoms with Gasteiger partial charge in [-0.3, -0.25) is 0 Å². The van der Waals surface area contributed by atoms with Gasteiger partial charge in [0.1, 0.15) is 0 Å². The lowest BCUT2D eigenvalue weighted by molar-refractivity contribution is 0.269. The third-order valence-corrected chi connectivity index (χ3v) is 4.38. The largest absolute Gasteiger partial charge is 0.313 e. The van der Waals surface area contributed by atoms with Gasteiger partial charge in [-0.2, -0.15) is 4.31 Å². The van der Waals surface area contributed by atoms with E-state index >= 15 is 0 Å². The van der Waals surface area contributed by atoms with Crippen LogP contribution in [0.1, 0.15) is 34.6 Å². The van der Waals surface area contributed by atoms with Gasteiger partial charge in [-0.05, 0) is 20.8 Å². The van der Waals surface area contributed by atoms with Crippen molar-refractivity contribution < 1.29 is 8.42 Å². The van der Waals surface area contributed by atoms with E-state index in [1.807, 2.05) is 34.6 Å². The number of hydrogen-bond acceptors (Lipinski definition) is 3. The van der Waals surface area contributed by atoms with Gasteiger partial charge < -0.3 is 5.32 Å². The van der Waals surface area contributed by atoms with Gasteiger partial charge in [0, 0.05) is 24.7 Å². The van der Waals surface area contributed by atoms with Gasteiger partial charge in [0.15, 0.2) is 0 Å². The van der Waals surface area contributed by atoms with Gasteiger partial charge in [0.05, 0.1) is 5.75 Å². The molecular weight excluding hydrogens is 236 g/mol. The van der Waals surface area contributed by atoms with Gasteiger partial charge in [0.2, 0.25) is 10.0 Å². The third-order valence-electron chi connectivity index (χ3n) is 2.29. The van der Waals surface area contributed by atoms with Crippen LogP contribution in [0.3, 0.4) is 0 Å². The van der Waals surface area contributed by atoms with Crippen molar-refractivity contribution in [1.29, 1.82) is 0 Å². The summed E-state index contributed by atoms with van der Waals surface area (Å²) in [5, 5.41) is 3.12. The van der Waals surface area contributed by atoms with Crippen LogP contribution < -0.4 is 5.32 Å². The van der Waals surface area contributed by atoms with Crippen molar-refractivity contribution in [3.8, 4) is 0 Å². The molecular formula is C12H26N2O2S. The van der Waals surface area contributed by atoms with Crippen molar-refractivity contribution in [3.05, 3.63) is 12.7 Å². The molecule has 0 bridgehead atoms. The number of rotatable bonds is 7. The number of sulfonamides is 1. The van der Waals surface area contributed by atoms with E-state index < -0.39 is 15.6 Å². The zero-order chi connectivity index (χ0) is 13.7. The Kier molecular flexibility index (Phi) is 6.37. The van der Waals surface area contributed by atoms with Crippen molar-refractivity contribution in [1.82, 2.24) is 9.62 Å². The normalized spacial score (nSPS) is 13.4. The average molecular weight is 262 g/mol. The average Bonchev–Trinajstić information content (AvgIpc) is 2.10. The highest BCUT2D eigenvalue weighted by Crippen LogP contribution is 2.18. The molecule has 0 fully saturated rings. The summed E-state index contributed by atoms with van der Waals surface area (Å²) in [5.41, 5.74) is -0.412. The minimum Gasteiger partial charge on any atom is -0.313 e. The van der Waals surface area contributed by atoms with E-state index in [4.69, 9.17) is 0 Å². The third kappa shape index (κ3) is 6.19. The molecule has 0 saturated carbocycles. The highest BCUT2D eigenvalue weighted by Gasteiger charge is 2.31. The molecule has 4 nitrogen and oxygen atoms in total. The molecule has 0 atom stereocenters. The molecule has 102 valence electrons. The first-order valence-corrected chi connectivity index (χ1v) is 7.57. The maximum atomic E-state index is 12.2. The molecule has 0 radical (unpaired) electrons. The summed E-state index contributed by atoms with van der Waals surface area (Å²) in [7, 11) is -3.24. The van der Waals surface area contributed by atoms with Gasteiger partial charge in [-0.1, -0.05) is 19.9 Å². The Bertz CT molecular complexity index is 329. The molecule has 0 aliphatic rings. The molecule has 0 aromatic rings. The van der Waals surface area contributed by atoms with Crippen LogP contribution in [0.2, 0.25) is 0 Å². The summed E-state index contributed by atoms with van der Waals surface area (Å²) >= 11 is 0. The van der Waals surface area contributed by atoms with Crippen LogP contribution in [-0.4, -0.2) is 43.1 Å². The molecule has 0 unspecified atom stereocenters. The molecule has 5 heteroatoms. The fraction of sp³-hybridized carbons (Fsp3) is 0.833. The topological polar surface area (TPSA) is 49.4 Å². The second-order valence-electron chi connectivity index (χ2n) is 5.42. The summed E-state index contributed by atoms with van der Waals surface area (Å²) in [5.74, 6) is 0.121. The predicted molar refractivity (Wildman–Crippen MR) is 73.6 cm³/mol. The van der Waals surface area contributed by atoms with Crippen LogP contribution in [-0.2, 0) is 10.0 Å². The van der Waals surface area contributed by atoms with Crippen LogP contribution in [0, 0.1) is 0 Å². The van der Waals surface area contributed by atoms with Crippen molar-refractivity contribution in [2.75, 3.05) is 18.8 Å². The lowest BCUT2D eigenvalue weighted by atomic mass is 10.1. The minimum absolute atomic E-state index is 0.121. The lowest BCUT2D eigenvalue weighted by Gasteiger charge is -2.33. The molecule has 0 rings (SSSR count). The number of hydrogen-bond donors (Lipinski definition) is 1. The van der Waals surface area contributed by atoms with Gasteiger partial charge in [-0.15, -0.1) is 6.58 Å². The van der Waals surface area contributed by atoms with Crippen molar-refractivity contribution in [2.24, 2.45) is 0 Å². The van der Waals surface area contributed by atoms with E-state index in [1.165, 1.54) is 4.31 Å². The van der Waals surface area contributed by atoms with Crippen LogP contribution in [0.4, 0.5) is 0 Å². The monoisotopic (exact) mass is 262 g/mol. The van der Waals surface area contributed by atoms with Gasteiger partial charge in [-0.25, -0.2) is 8.42 Å². The summed E-state index contributed by atoms with van der Waals surface area (Å²) in [6.07, 6.45) is 1.62. The number of nitrogens with one attached hydrogen (secondary N) is 1. The maximum absolute atomic E-state index is 12.2. The first-order valence-electron chi connectivity index (χ1n) is 5.96. The number of nitrogens with zero attached hydrogens (tertiary/aromatic N) is 1. The summed E-state index contributed by atoms with van der Waals surface area (Å²) in [6, 6.07) is 0.299. The first-order chi connectivity index (χ1) is 7.61. The zero-order valence-electron chi connectivity index (χ0n) is 11.7. The SMILES string of the molecule is C=CCN(C(C)(C)C)S(=O)(=O)CCNC(C)C. The second-order valence-corrected chi connectivity index (χ2v) is 7.43. The molecule has 0 heterocycles. The smallest absolute Gasteiger partial charge is 0.216 e. The van der Waals surface area contributed by atoms with Crippen LogP contribution in [0.25, 0.3) is 0 Å². The quantitative estimate of drug-likeness (QED) is 0.709. The minimum atomic E-state index is -3.24. The van der Waals surface area contributed by atoms with E-state index in [0.29, 0.717) is 19.1 Å². The van der Waals surface area contributed by atoms with Crippen molar-refractivity contribution >= 4 is 10.0 Å². The van der Waals surface area contributed by atoms with Crippen molar-refractivity contribution in [2.45, 2.75) is 46.2 Å². The highest BCUT2D eigenvalue weighted by atomic mass is 32.2.